The molecule has 1 heterocycles. The monoisotopic (exact) mass is 234 g/mol. The van der Waals surface area contributed by atoms with Gasteiger partial charge < -0.3 is 5.32 Å². The average molecular weight is 234 g/mol. The number of nitrogens with one attached hydrogen (secondary N) is 1. The average Bonchev–Trinajstić information content (AvgIpc) is 2.80. The Morgan fingerprint density at radius 3 is 3.00 bits per heavy atom. The van der Waals surface area contributed by atoms with Crippen molar-refractivity contribution in [2.24, 2.45) is 0 Å². The van der Waals surface area contributed by atoms with E-state index in [9.17, 15) is 4.39 Å². The first-order valence-corrected chi connectivity index (χ1v) is 5.26. The molecule has 2 aromatic rings. The van der Waals surface area contributed by atoms with Gasteiger partial charge in [0.1, 0.15) is 12.1 Å². The van der Waals surface area contributed by atoms with E-state index < -0.39 is 5.82 Å². The van der Waals surface area contributed by atoms with E-state index >= 15 is 0 Å². The molecule has 80 valence electrons. The van der Waals surface area contributed by atoms with Crippen molar-refractivity contribution in [3.05, 3.63) is 41.5 Å². The second-order valence-electron chi connectivity index (χ2n) is 3.02. The van der Waals surface area contributed by atoms with Crippen molar-refractivity contribution < 1.29 is 4.39 Å². The Morgan fingerprint density at radius 1 is 1.50 bits per heavy atom. The quantitative estimate of drug-likeness (QED) is 0.884. The Kier molecular flexibility index (Phi) is 3.08. The maximum Gasteiger partial charge on any atom is 0.202 e. The summed E-state index contributed by atoms with van der Waals surface area (Å²) in [6.45, 7) is 0.326. The minimum atomic E-state index is -0.393. The Labute approximate surface area is 95.5 Å². The highest BCUT2D eigenvalue weighted by Crippen LogP contribution is 2.13. The molecule has 0 saturated heterocycles. The number of hydrogen-bond acceptors (Lipinski definition) is 5. The molecule has 0 bridgehead atoms. The van der Waals surface area contributed by atoms with E-state index in [2.05, 4.69) is 14.7 Å². The van der Waals surface area contributed by atoms with E-state index in [1.165, 1.54) is 23.9 Å². The molecule has 0 aliphatic carbocycles. The van der Waals surface area contributed by atoms with E-state index in [1.54, 1.807) is 12.1 Å². The molecule has 2 rings (SSSR count). The summed E-state index contributed by atoms with van der Waals surface area (Å²) in [5.41, 5.74) is 0.811. The summed E-state index contributed by atoms with van der Waals surface area (Å²) in [5.74, 6) is -0.393. The summed E-state index contributed by atoms with van der Waals surface area (Å²) < 4.78 is 17.3. The van der Waals surface area contributed by atoms with Crippen LogP contribution in [0.15, 0.2) is 24.5 Å². The summed E-state index contributed by atoms with van der Waals surface area (Å²) in [4.78, 5) is 3.92. The van der Waals surface area contributed by atoms with Crippen molar-refractivity contribution in [1.82, 2.24) is 9.36 Å². The summed E-state index contributed by atoms with van der Waals surface area (Å²) in [5, 5.41) is 12.2. The molecule has 4 nitrogen and oxygen atoms in total. The summed E-state index contributed by atoms with van der Waals surface area (Å²) >= 11 is 1.21. The molecule has 0 unspecified atom stereocenters. The number of halogens is 1. The van der Waals surface area contributed by atoms with Gasteiger partial charge in [-0.1, -0.05) is 6.07 Å². The largest absolute Gasteiger partial charge is 0.356 e. The second kappa shape index (κ2) is 4.68. The maximum absolute atomic E-state index is 13.4. The van der Waals surface area contributed by atoms with Gasteiger partial charge in [-0.05, 0) is 12.1 Å². The Morgan fingerprint density at radius 2 is 2.38 bits per heavy atom. The third-order valence-electron chi connectivity index (χ3n) is 1.97. The van der Waals surface area contributed by atoms with Crippen molar-refractivity contribution in [2.45, 2.75) is 6.54 Å². The highest BCUT2D eigenvalue weighted by atomic mass is 32.1. The summed E-state index contributed by atoms with van der Waals surface area (Å²) in [7, 11) is 0. The van der Waals surface area contributed by atoms with Gasteiger partial charge in [0.05, 0.1) is 11.6 Å². The lowest BCUT2D eigenvalue weighted by atomic mass is 10.1. The molecule has 0 atom stereocenters. The zero-order valence-corrected chi connectivity index (χ0v) is 8.96. The topological polar surface area (TPSA) is 61.6 Å². The first kappa shape index (κ1) is 10.5. The zero-order chi connectivity index (χ0) is 11.4. The molecule has 0 spiro atoms. The number of aromatic nitrogens is 2. The van der Waals surface area contributed by atoms with Gasteiger partial charge in [-0.3, -0.25) is 0 Å². The normalized spacial score (nSPS) is 9.75. The molecule has 0 saturated carbocycles. The lowest BCUT2D eigenvalue weighted by Crippen LogP contribution is -2.01. The van der Waals surface area contributed by atoms with Crippen LogP contribution in [0.25, 0.3) is 0 Å². The number of benzene rings is 1. The van der Waals surface area contributed by atoms with Crippen LogP contribution >= 0.6 is 11.5 Å². The molecule has 0 aliphatic heterocycles. The number of nitrogens with zero attached hydrogens (tertiary/aromatic N) is 3. The molecule has 16 heavy (non-hydrogen) atoms. The van der Waals surface area contributed by atoms with Crippen LogP contribution in [0, 0.1) is 17.1 Å². The van der Waals surface area contributed by atoms with Crippen LogP contribution in [-0.2, 0) is 6.54 Å². The van der Waals surface area contributed by atoms with E-state index in [0.717, 1.165) is 0 Å². The van der Waals surface area contributed by atoms with Crippen LogP contribution in [0.4, 0.5) is 9.52 Å². The zero-order valence-electron chi connectivity index (χ0n) is 8.14. The molecule has 1 N–H and O–H groups in total. The van der Waals surface area contributed by atoms with Crippen LogP contribution in [-0.4, -0.2) is 9.36 Å². The van der Waals surface area contributed by atoms with E-state index in [-0.39, 0.29) is 0 Å². The Balaban J connectivity index is 2.08. The van der Waals surface area contributed by atoms with Crippen LogP contribution in [0.5, 0.6) is 0 Å². The van der Waals surface area contributed by atoms with E-state index in [0.29, 0.717) is 22.8 Å². The molecule has 1 aromatic heterocycles. The highest BCUT2D eigenvalue weighted by molar-refractivity contribution is 7.09. The predicted octanol–water partition coefficient (Wildman–Crippen LogP) is 2.16. The fourth-order valence-electron chi connectivity index (χ4n) is 1.18. The fourth-order valence-corrected chi connectivity index (χ4v) is 1.61. The van der Waals surface area contributed by atoms with Crippen LogP contribution < -0.4 is 5.32 Å². The van der Waals surface area contributed by atoms with Crippen molar-refractivity contribution in [3.63, 3.8) is 0 Å². The number of anilines is 1. The third kappa shape index (κ3) is 2.32. The minimum absolute atomic E-state index is 0.317. The van der Waals surface area contributed by atoms with Crippen molar-refractivity contribution in [1.29, 1.82) is 5.26 Å². The SMILES string of the molecule is N#Cc1ccc(CNc2ncns2)c(F)c1. The van der Waals surface area contributed by atoms with Crippen molar-refractivity contribution >= 4 is 16.7 Å². The minimum Gasteiger partial charge on any atom is -0.356 e. The second-order valence-corrected chi connectivity index (χ2v) is 3.80. The van der Waals surface area contributed by atoms with Gasteiger partial charge in [0.25, 0.3) is 0 Å². The van der Waals surface area contributed by atoms with Gasteiger partial charge in [0, 0.05) is 23.6 Å². The standard InChI is InChI=1S/C10H7FN4S/c11-9-3-7(4-12)1-2-8(9)5-13-10-14-6-15-16-10/h1-3,6H,5H2,(H,13,14,15). The summed E-state index contributed by atoms with van der Waals surface area (Å²) in [6, 6.07) is 6.27. The van der Waals surface area contributed by atoms with Gasteiger partial charge in [-0.25, -0.2) is 9.37 Å². The molecule has 0 amide bonds. The fraction of sp³-hybridized carbons (Fsp3) is 0.100. The lowest BCUT2D eigenvalue weighted by molar-refractivity contribution is 0.612. The van der Waals surface area contributed by atoms with E-state index in [1.807, 2.05) is 6.07 Å². The molecular formula is C10H7FN4S. The van der Waals surface area contributed by atoms with Crippen LogP contribution in [0.1, 0.15) is 11.1 Å². The maximum atomic E-state index is 13.4. The first-order chi connectivity index (χ1) is 7.79. The first-order valence-electron chi connectivity index (χ1n) is 4.48. The molecule has 1 aromatic carbocycles. The number of rotatable bonds is 3. The smallest absolute Gasteiger partial charge is 0.202 e. The third-order valence-corrected chi connectivity index (χ3v) is 2.60. The van der Waals surface area contributed by atoms with Crippen LogP contribution in [0.3, 0.4) is 0 Å². The van der Waals surface area contributed by atoms with Gasteiger partial charge in [-0.15, -0.1) is 0 Å². The Bertz CT molecular complexity index is 518. The van der Waals surface area contributed by atoms with Gasteiger partial charge in [0.15, 0.2) is 0 Å². The molecule has 0 aliphatic rings. The Hall–Kier alpha value is -2.00. The van der Waals surface area contributed by atoms with Gasteiger partial charge >= 0.3 is 0 Å². The van der Waals surface area contributed by atoms with Gasteiger partial charge in [-0.2, -0.15) is 9.64 Å². The molecule has 0 radical (unpaired) electrons. The van der Waals surface area contributed by atoms with Crippen molar-refractivity contribution in [3.8, 4) is 6.07 Å². The van der Waals surface area contributed by atoms with Crippen LogP contribution in [0.2, 0.25) is 0 Å². The van der Waals surface area contributed by atoms with E-state index in [4.69, 9.17) is 5.26 Å². The number of hydrogen-bond donors (Lipinski definition) is 1. The molecule has 0 fully saturated rings. The molecular weight excluding hydrogens is 227 g/mol. The lowest BCUT2D eigenvalue weighted by Gasteiger charge is -2.03. The highest BCUT2D eigenvalue weighted by Gasteiger charge is 2.04. The van der Waals surface area contributed by atoms with Gasteiger partial charge in [0.2, 0.25) is 5.13 Å². The number of nitriles is 1. The predicted molar refractivity (Wildman–Crippen MR) is 58.4 cm³/mol. The summed E-state index contributed by atoms with van der Waals surface area (Å²) in [6.07, 6.45) is 1.43. The molecule has 6 heteroatoms. The van der Waals surface area contributed by atoms with Crippen molar-refractivity contribution in [2.75, 3.05) is 5.32 Å².